The molecule has 1 heterocycles. The molecule has 0 amide bonds. The molecular formula is C12H17NO2S. The number of nitrogens with zero attached hydrogens (tertiary/aromatic N) is 1. The Hall–Kier alpha value is -1.16. The molecule has 0 aliphatic heterocycles. The lowest BCUT2D eigenvalue weighted by atomic mass is 9.91. The molecule has 0 bridgehead atoms. The fourth-order valence-corrected chi connectivity index (χ4v) is 1.30. The fourth-order valence-electron chi connectivity index (χ4n) is 1.12. The van der Waals surface area contributed by atoms with Crippen LogP contribution in [0.2, 0.25) is 0 Å². The summed E-state index contributed by atoms with van der Waals surface area (Å²) in [4.78, 5) is 16.6. The first-order chi connectivity index (χ1) is 7.38. The molecule has 0 atom stereocenters. The van der Waals surface area contributed by atoms with Gasteiger partial charge in [0, 0.05) is 12.6 Å². The van der Waals surface area contributed by atoms with Gasteiger partial charge < -0.3 is 4.84 Å². The topological polar surface area (TPSA) is 31.2 Å². The molecule has 1 aromatic rings. The van der Waals surface area contributed by atoms with Gasteiger partial charge in [-0.05, 0) is 24.0 Å². The molecule has 88 valence electrons. The highest BCUT2D eigenvalue weighted by atomic mass is 32.1. The quantitative estimate of drug-likeness (QED) is 0.760. The highest BCUT2D eigenvalue weighted by Gasteiger charge is 2.14. The van der Waals surface area contributed by atoms with E-state index in [4.69, 9.17) is 17.1 Å². The van der Waals surface area contributed by atoms with Gasteiger partial charge in [0.1, 0.15) is 4.64 Å². The average Bonchev–Trinajstić information content (AvgIpc) is 2.18. The molecule has 0 saturated heterocycles. The molecular weight excluding hydrogens is 222 g/mol. The van der Waals surface area contributed by atoms with E-state index in [1.165, 1.54) is 4.73 Å². The number of aromatic nitrogens is 1. The Kier molecular flexibility index (Phi) is 4.24. The standard InChI is InChI=1S/C12H17NO2S/c1-12(2,3)8-7-11(14)15-13-9-5-4-6-10(13)16/h4-6,9H,7-8H2,1-3H3. The van der Waals surface area contributed by atoms with Crippen molar-refractivity contribution in [2.24, 2.45) is 5.41 Å². The smallest absolute Gasteiger partial charge is 0.332 e. The Labute approximate surface area is 101 Å². The van der Waals surface area contributed by atoms with Crippen molar-refractivity contribution in [2.75, 3.05) is 0 Å². The number of carbonyl (C=O) groups excluding carboxylic acids is 1. The predicted molar refractivity (Wildman–Crippen MR) is 65.5 cm³/mol. The van der Waals surface area contributed by atoms with Gasteiger partial charge in [0.15, 0.2) is 0 Å². The molecule has 0 N–H and O–H groups in total. The fraction of sp³-hybridized carbons (Fsp3) is 0.500. The van der Waals surface area contributed by atoms with Crippen molar-refractivity contribution >= 4 is 18.2 Å². The third kappa shape index (κ3) is 4.57. The van der Waals surface area contributed by atoms with Crippen LogP contribution in [0.3, 0.4) is 0 Å². The van der Waals surface area contributed by atoms with Crippen molar-refractivity contribution in [1.82, 2.24) is 4.73 Å². The summed E-state index contributed by atoms with van der Waals surface area (Å²) in [5, 5.41) is 0. The molecule has 0 fully saturated rings. The first-order valence-electron chi connectivity index (χ1n) is 5.27. The van der Waals surface area contributed by atoms with E-state index in [1.54, 1.807) is 18.3 Å². The van der Waals surface area contributed by atoms with Gasteiger partial charge in [0.2, 0.25) is 0 Å². The molecule has 0 unspecified atom stereocenters. The molecule has 0 aliphatic rings. The van der Waals surface area contributed by atoms with Crippen molar-refractivity contribution in [3.63, 3.8) is 0 Å². The lowest BCUT2D eigenvalue weighted by Gasteiger charge is -2.17. The minimum absolute atomic E-state index is 0.136. The zero-order valence-electron chi connectivity index (χ0n) is 9.90. The molecule has 3 nitrogen and oxygen atoms in total. The van der Waals surface area contributed by atoms with Gasteiger partial charge in [0.05, 0.1) is 0 Å². The normalized spacial score (nSPS) is 11.2. The van der Waals surface area contributed by atoms with Gasteiger partial charge >= 0.3 is 5.97 Å². The van der Waals surface area contributed by atoms with Crippen LogP contribution in [0, 0.1) is 10.1 Å². The van der Waals surface area contributed by atoms with E-state index in [2.05, 4.69) is 20.8 Å². The second-order valence-electron chi connectivity index (χ2n) is 4.89. The summed E-state index contributed by atoms with van der Waals surface area (Å²) >= 11 is 5.01. The second kappa shape index (κ2) is 5.25. The zero-order chi connectivity index (χ0) is 12.2. The van der Waals surface area contributed by atoms with Crippen molar-refractivity contribution in [3.05, 3.63) is 29.0 Å². The summed E-state index contributed by atoms with van der Waals surface area (Å²) < 4.78 is 1.81. The third-order valence-corrected chi connectivity index (χ3v) is 2.38. The maximum Gasteiger partial charge on any atom is 0.332 e. The third-order valence-electron chi connectivity index (χ3n) is 2.07. The van der Waals surface area contributed by atoms with Gasteiger partial charge in [-0.25, -0.2) is 4.79 Å². The van der Waals surface area contributed by atoms with E-state index in [0.29, 0.717) is 11.1 Å². The molecule has 1 rings (SSSR count). The summed E-state index contributed by atoms with van der Waals surface area (Å²) in [5.74, 6) is -0.253. The highest BCUT2D eigenvalue weighted by molar-refractivity contribution is 7.71. The minimum Gasteiger partial charge on any atom is -0.336 e. The first-order valence-corrected chi connectivity index (χ1v) is 5.68. The monoisotopic (exact) mass is 239 g/mol. The SMILES string of the molecule is CC(C)(C)CCC(=O)On1ccccc1=S. The molecule has 0 spiro atoms. The lowest BCUT2D eigenvalue weighted by molar-refractivity contribution is -0.145. The maximum atomic E-state index is 11.5. The Bertz CT molecular complexity index is 418. The van der Waals surface area contributed by atoms with Crippen LogP contribution in [0.25, 0.3) is 0 Å². The van der Waals surface area contributed by atoms with E-state index in [9.17, 15) is 4.79 Å². The van der Waals surface area contributed by atoms with Crippen LogP contribution in [0.4, 0.5) is 0 Å². The zero-order valence-corrected chi connectivity index (χ0v) is 10.7. The van der Waals surface area contributed by atoms with E-state index >= 15 is 0 Å². The molecule has 0 aromatic carbocycles. The Morgan fingerprint density at radius 1 is 1.44 bits per heavy atom. The van der Waals surface area contributed by atoms with E-state index in [-0.39, 0.29) is 11.4 Å². The van der Waals surface area contributed by atoms with Gasteiger partial charge in [-0.2, -0.15) is 4.73 Å². The lowest BCUT2D eigenvalue weighted by Crippen LogP contribution is -2.21. The van der Waals surface area contributed by atoms with Crippen molar-refractivity contribution in [1.29, 1.82) is 0 Å². The van der Waals surface area contributed by atoms with Gasteiger partial charge in [0.25, 0.3) is 0 Å². The molecule has 1 aromatic heterocycles. The molecule has 0 saturated carbocycles. The van der Waals surface area contributed by atoms with Crippen LogP contribution in [0.5, 0.6) is 0 Å². The van der Waals surface area contributed by atoms with Crippen molar-refractivity contribution < 1.29 is 9.63 Å². The molecule has 0 aliphatic carbocycles. The van der Waals surface area contributed by atoms with Crippen molar-refractivity contribution in [3.8, 4) is 0 Å². The van der Waals surface area contributed by atoms with Gasteiger partial charge in [-0.15, -0.1) is 0 Å². The average molecular weight is 239 g/mol. The predicted octanol–water partition coefficient (Wildman–Crippen LogP) is 3.00. The minimum atomic E-state index is -0.253. The van der Waals surface area contributed by atoms with Crippen LogP contribution in [-0.2, 0) is 4.79 Å². The largest absolute Gasteiger partial charge is 0.336 e. The van der Waals surface area contributed by atoms with Crippen LogP contribution in [0.15, 0.2) is 24.4 Å². The van der Waals surface area contributed by atoms with Gasteiger partial charge in [-0.3, -0.25) is 0 Å². The van der Waals surface area contributed by atoms with E-state index in [0.717, 1.165) is 6.42 Å². The second-order valence-corrected chi connectivity index (χ2v) is 5.31. The van der Waals surface area contributed by atoms with Crippen LogP contribution in [-0.4, -0.2) is 10.7 Å². The number of rotatable bonds is 3. The first kappa shape index (κ1) is 12.9. The number of hydrogen-bond donors (Lipinski definition) is 0. The number of carbonyl (C=O) groups is 1. The Morgan fingerprint density at radius 3 is 2.69 bits per heavy atom. The van der Waals surface area contributed by atoms with Crippen LogP contribution in [0.1, 0.15) is 33.6 Å². The van der Waals surface area contributed by atoms with Crippen LogP contribution < -0.4 is 4.84 Å². The highest BCUT2D eigenvalue weighted by Crippen LogP contribution is 2.20. The number of pyridine rings is 1. The van der Waals surface area contributed by atoms with Crippen LogP contribution >= 0.6 is 12.2 Å². The van der Waals surface area contributed by atoms with E-state index < -0.39 is 0 Å². The number of hydrogen-bond acceptors (Lipinski definition) is 3. The summed E-state index contributed by atoms with van der Waals surface area (Å²) in [6.45, 7) is 6.28. The summed E-state index contributed by atoms with van der Waals surface area (Å²) in [6, 6.07) is 5.29. The summed E-state index contributed by atoms with van der Waals surface area (Å²) in [5.41, 5.74) is 0.136. The Balaban J connectivity index is 2.53. The maximum absolute atomic E-state index is 11.5. The molecule has 16 heavy (non-hydrogen) atoms. The van der Waals surface area contributed by atoms with Gasteiger partial charge in [-0.1, -0.05) is 39.1 Å². The summed E-state index contributed by atoms with van der Waals surface area (Å²) in [7, 11) is 0. The molecule has 0 radical (unpaired) electrons. The Morgan fingerprint density at radius 2 is 2.12 bits per heavy atom. The summed E-state index contributed by atoms with van der Waals surface area (Å²) in [6.07, 6.45) is 2.84. The van der Waals surface area contributed by atoms with E-state index in [1.807, 2.05) is 6.07 Å². The van der Waals surface area contributed by atoms with Crippen molar-refractivity contribution in [2.45, 2.75) is 33.6 Å². The molecule has 4 heteroatoms.